The van der Waals surface area contributed by atoms with Gasteiger partial charge < -0.3 is 24.7 Å². The normalized spacial score (nSPS) is 11.4. The van der Waals surface area contributed by atoms with Crippen LogP contribution in [-0.2, 0) is 22.6 Å². The summed E-state index contributed by atoms with van der Waals surface area (Å²) in [7, 11) is 3.40. The molecule has 0 aliphatic heterocycles. The van der Waals surface area contributed by atoms with Crippen LogP contribution in [0, 0.1) is 0 Å². The zero-order chi connectivity index (χ0) is 21.1. The number of benzene rings is 1. The summed E-state index contributed by atoms with van der Waals surface area (Å²) in [5.41, 5.74) is 0.873. The van der Waals surface area contributed by atoms with Crippen LogP contribution < -0.4 is 10.6 Å². The molecule has 0 spiro atoms. The number of nitrogens with one attached hydrogen (secondary N) is 2. The maximum atomic E-state index is 11.8. The number of rotatable bonds is 10. The monoisotopic (exact) mass is 440 g/mol. The first-order valence-corrected chi connectivity index (χ1v) is 9.97. The SMILES string of the molecule is CN(C)C(=O)CN=C(NCCOCc1ccc(Cl)cc1Cl)NCCc1ccco1. The first-order chi connectivity index (χ1) is 14.0. The van der Waals surface area contributed by atoms with E-state index < -0.39 is 0 Å². The lowest BCUT2D eigenvalue weighted by Crippen LogP contribution is -2.40. The summed E-state index contributed by atoms with van der Waals surface area (Å²) in [5, 5.41) is 7.53. The summed E-state index contributed by atoms with van der Waals surface area (Å²) in [6.45, 7) is 2.03. The van der Waals surface area contributed by atoms with Crippen molar-refractivity contribution in [1.29, 1.82) is 0 Å². The van der Waals surface area contributed by atoms with Gasteiger partial charge in [-0.15, -0.1) is 0 Å². The average Bonchev–Trinajstić information content (AvgIpc) is 3.19. The summed E-state index contributed by atoms with van der Waals surface area (Å²) in [5.74, 6) is 1.34. The molecule has 2 N–H and O–H groups in total. The maximum Gasteiger partial charge on any atom is 0.243 e. The number of carbonyl (C=O) groups excluding carboxylic acids is 1. The number of carbonyl (C=O) groups is 1. The van der Waals surface area contributed by atoms with Crippen LogP contribution in [0.5, 0.6) is 0 Å². The lowest BCUT2D eigenvalue weighted by molar-refractivity contribution is -0.127. The second-order valence-corrected chi connectivity index (χ2v) is 7.27. The Bertz CT molecular complexity index is 795. The maximum absolute atomic E-state index is 11.8. The molecule has 9 heteroatoms. The van der Waals surface area contributed by atoms with Crippen LogP contribution in [0.4, 0.5) is 0 Å². The number of hydrogen-bond donors (Lipinski definition) is 2. The van der Waals surface area contributed by atoms with Crippen LogP contribution >= 0.6 is 23.2 Å². The Hall–Kier alpha value is -2.22. The molecule has 1 aromatic carbocycles. The van der Waals surface area contributed by atoms with E-state index in [-0.39, 0.29) is 12.5 Å². The number of furan rings is 1. The number of amides is 1. The molecule has 1 heterocycles. The first kappa shape index (κ1) is 23.1. The van der Waals surface area contributed by atoms with Gasteiger partial charge in [0.05, 0.1) is 19.5 Å². The highest BCUT2D eigenvalue weighted by Gasteiger charge is 2.06. The molecule has 0 atom stereocenters. The van der Waals surface area contributed by atoms with Crippen molar-refractivity contribution in [2.24, 2.45) is 4.99 Å². The average molecular weight is 441 g/mol. The molecule has 0 unspecified atom stereocenters. The quantitative estimate of drug-likeness (QED) is 0.337. The van der Waals surface area contributed by atoms with Crippen LogP contribution in [0.25, 0.3) is 0 Å². The fraction of sp³-hybridized carbons (Fsp3) is 0.400. The van der Waals surface area contributed by atoms with Crippen molar-refractivity contribution in [3.05, 3.63) is 58.0 Å². The van der Waals surface area contributed by atoms with Crippen LogP contribution in [0.2, 0.25) is 10.0 Å². The Morgan fingerprint density at radius 2 is 2.00 bits per heavy atom. The fourth-order valence-electron chi connectivity index (χ4n) is 2.28. The van der Waals surface area contributed by atoms with Gasteiger partial charge in [0.2, 0.25) is 5.91 Å². The lowest BCUT2D eigenvalue weighted by atomic mass is 10.2. The predicted octanol–water partition coefficient (Wildman–Crippen LogP) is 2.97. The molecule has 1 aromatic heterocycles. The molecule has 0 bridgehead atoms. The van der Waals surface area contributed by atoms with Gasteiger partial charge in [0.15, 0.2) is 5.96 Å². The van der Waals surface area contributed by atoms with Gasteiger partial charge in [-0.25, -0.2) is 4.99 Å². The molecular weight excluding hydrogens is 415 g/mol. The van der Waals surface area contributed by atoms with Crippen LogP contribution in [0.3, 0.4) is 0 Å². The molecule has 7 nitrogen and oxygen atoms in total. The number of hydrogen-bond acceptors (Lipinski definition) is 4. The van der Waals surface area contributed by atoms with E-state index in [9.17, 15) is 4.79 Å². The molecule has 2 rings (SSSR count). The van der Waals surface area contributed by atoms with Crippen LogP contribution in [-0.4, -0.2) is 57.1 Å². The molecular formula is C20H26Cl2N4O3. The summed E-state index contributed by atoms with van der Waals surface area (Å²) in [6.07, 6.45) is 2.35. The van der Waals surface area contributed by atoms with E-state index in [1.165, 1.54) is 4.90 Å². The Kier molecular flexibility index (Phi) is 9.83. The molecule has 0 aliphatic carbocycles. The Morgan fingerprint density at radius 1 is 1.21 bits per heavy atom. The number of guanidine groups is 1. The summed E-state index contributed by atoms with van der Waals surface area (Å²) >= 11 is 12.0. The molecule has 29 heavy (non-hydrogen) atoms. The Morgan fingerprint density at radius 3 is 2.69 bits per heavy atom. The van der Waals surface area contributed by atoms with Gasteiger partial charge in [-0.05, 0) is 29.8 Å². The van der Waals surface area contributed by atoms with Gasteiger partial charge >= 0.3 is 0 Å². The van der Waals surface area contributed by atoms with E-state index in [0.29, 0.717) is 48.7 Å². The number of ether oxygens (including phenoxy) is 1. The minimum atomic E-state index is -0.0780. The van der Waals surface area contributed by atoms with Crippen molar-refractivity contribution < 1.29 is 13.9 Å². The molecule has 158 valence electrons. The molecule has 0 radical (unpaired) electrons. The largest absolute Gasteiger partial charge is 0.469 e. The Labute approximate surface area is 181 Å². The topological polar surface area (TPSA) is 79.1 Å². The van der Waals surface area contributed by atoms with E-state index in [1.54, 1.807) is 32.5 Å². The molecule has 0 saturated heterocycles. The molecule has 0 aliphatic rings. The van der Waals surface area contributed by atoms with Gasteiger partial charge in [-0.1, -0.05) is 29.3 Å². The first-order valence-electron chi connectivity index (χ1n) is 9.22. The fourth-order valence-corrected chi connectivity index (χ4v) is 2.75. The third-order valence-electron chi connectivity index (χ3n) is 3.93. The summed E-state index contributed by atoms with van der Waals surface area (Å²) < 4.78 is 11.0. The van der Waals surface area contributed by atoms with Crippen molar-refractivity contribution in [3.8, 4) is 0 Å². The smallest absolute Gasteiger partial charge is 0.243 e. The minimum absolute atomic E-state index is 0.0598. The summed E-state index contributed by atoms with van der Waals surface area (Å²) in [6, 6.07) is 9.07. The molecule has 0 fully saturated rings. The van der Waals surface area contributed by atoms with Gasteiger partial charge in [0, 0.05) is 43.7 Å². The number of likely N-dealkylation sites (N-methyl/N-ethyl adjacent to an activating group) is 1. The molecule has 0 saturated carbocycles. The van der Waals surface area contributed by atoms with E-state index in [0.717, 1.165) is 11.3 Å². The zero-order valence-corrected chi connectivity index (χ0v) is 18.1. The molecule has 1 amide bonds. The Balaban J connectivity index is 1.77. The minimum Gasteiger partial charge on any atom is -0.469 e. The zero-order valence-electron chi connectivity index (χ0n) is 16.6. The second-order valence-electron chi connectivity index (χ2n) is 6.42. The summed E-state index contributed by atoms with van der Waals surface area (Å²) in [4.78, 5) is 17.6. The van der Waals surface area contributed by atoms with Crippen molar-refractivity contribution in [3.63, 3.8) is 0 Å². The van der Waals surface area contributed by atoms with Gasteiger partial charge in [-0.2, -0.15) is 0 Å². The highest BCUT2D eigenvalue weighted by molar-refractivity contribution is 6.35. The van der Waals surface area contributed by atoms with Gasteiger partial charge in [0.25, 0.3) is 0 Å². The molecule has 2 aromatic rings. The third-order valence-corrected chi connectivity index (χ3v) is 4.51. The van der Waals surface area contributed by atoms with Gasteiger partial charge in [-0.3, -0.25) is 4.79 Å². The van der Waals surface area contributed by atoms with Gasteiger partial charge in [0.1, 0.15) is 12.3 Å². The van der Waals surface area contributed by atoms with E-state index in [2.05, 4.69) is 15.6 Å². The highest BCUT2D eigenvalue weighted by atomic mass is 35.5. The van der Waals surface area contributed by atoms with Crippen LogP contribution in [0.15, 0.2) is 46.0 Å². The number of halogens is 2. The van der Waals surface area contributed by atoms with E-state index >= 15 is 0 Å². The predicted molar refractivity (Wildman–Crippen MR) is 116 cm³/mol. The highest BCUT2D eigenvalue weighted by Crippen LogP contribution is 2.21. The lowest BCUT2D eigenvalue weighted by Gasteiger charge is -2.14. The van der Waals surface area contributed by atoms with Crippen molar-refractivity contribution in [2.75, 3.05) is 40.3 Å². The number of aliphatic imine (C=N–C) groups is 1. The van der Waals surface area contributed by atoms with Crippen molar-refractivity contribution in [2.45, 2.75) is 13.0 Å². The third kappa shape index (κ3) is 8.77. The standard InChI is InChI=1S/C20H26Cl2N4O3/c1-26(2)19(27)13-25-20(23-8-7-17-4-3-10-29-17)24-9-11-28-14-15-5-6-16(21)12-18(15)22/h3-6,10,12H,7-9,11,13-14H2,1-2H3,(H2,23,24,25). The van der Waals surface area contributed by atoms with E-state index in [4.69, 9.17) is 32.4 Å². The van der Waals surface area contributed by atoms with E-state index in [1.807, 2.05) is 18.2 Å². The van der Waals surface area contributed by atoms with Crippen LogP contribution in [0.1, 0.15) is 11.3 Å². The van der Waals surface area contributed by atoms with Crippen molar-refractivity contribution in [1.82, 2.24) is 15.5 Å². The number of nitrogens with zero attached hydrogens (tertiary/aromatic N) is 2. The second kappa shape index (κ2) is 12.4. The van der Waals surface area contributed by atoms with Crippen molar-refractivity contribution >= 4 is 35.1 Å².